The second-order valence-corrected chi connectivity index (χ2v) is 9.88. The standard InChI is InChI=1S/C32H27N5/c33-32(19-7-20-32)24-16-14-23(15-17-24)29-27(18-13-22-8-2-1-3-9-22)36-31-25-10-4-5-11-26(25)35-30-28(37(29)31)12-6-21-34-30/h1-6,8-18,21H,7,19-20,33H2,(H,34,35)/b18-13+. The first kappa shape index (κ1) is 21.8. The van der Waals surface area contributed by atoms with Gasteiger partial charge in [0.1, 0.15) is 5.82 Å². The van der Waals surface area contributed by atoms with Crippen LogP contribution in [0.2, 0.25) is 0 Å². The van der Waals surface area contributed by atoms with Crippen molar-refractivity contribution in [3.05, 3.63) is 114 Å². The van der Waals surface area contributed by atoms with E-state index in [1.807, 2.05) is 24.4 Å². The molecule has 3 heterocycles. The predicted octanol–water partition coefficient (Wildman–Crippen LogP) is 7.17. The van der Waals surface area contributed by atoms with Gasteiger partial charge in [-0.3, -0.25) is 4.57 Å². The number of hydrogen-bond donors (Lipinski definition) is 2. The van der Waals surface area contributed by atoms with Gasteiger partial charge in [-0.1, -0.05) is 72.8 Å². The van der Waals surface area contributed by atoms with Crippen LogP contribution in [-0.2, 0) is 5.54 Å². The smallest absolute Gasteiger partial charge is 0.154 e. The van der Waals surface area contributed by atoms with E-state index in [0.717, 1.165) is 63.9 Å². The van der Waals surface area contributed by atoms with E-state index in [1.54, 1.807) is 0 Å². The lowest BCUT2D eigenvalue weighted by molar-refractivity contribution is 0.253. The van der Waals surface area contributed by atoms with Crippen molar-refractivity contribution < 1.29 is 0 Å². The van der Waals surface area contributed by atoms with Crippen molar-refractivity contribution in [3.63, 3.8) is 0 Å². The summed E-state index contributed by atoms with van der Waals surface area (Å²) in [7, 11) is 0. The summed E-state index contributed by atoms with van der Waals surface area (Å²) in [5.74, 6) is 1.69. The summed E-state index contributed by atoms with van der Waals surface area (Å²) in [4.78, 5) is 9.91. The summed E-state index contributed by atoms with van der Waals surface area (Å²) in [6.45, 7) is 0. The van der Waals surface area contributed by atoms with Crippen molar-refractivity contribution in [1.29, 1.82) is 0 Å². The van der Waals surface area contributed by atoms with Crippen molar-refractivity contribution in [1.82, 2.24) is 14.5 Å². The summed E-state index contributed by atoms with van der Waals surface area (Å²) in [6, 6.07) is 31.4. The number of nitrogens with two attached hydrogens (primary N) is 1. The maximum atomic E-state index is 6.64. The van der Waals surface area contributed by atoms with Gasteiger partial charge < -0.3 is 11.1 Å². The van der Waals surface area contributed by atoms with Crippen LogP contribution < -0.4 is 11.1 Å². The number of anilines is 2. The summed E-state index contributed by atoms with van der Waals surface area (Å²) in [5, 5.41) is 3.53. The molecule has 0 bridgehead atoms. The average molecular weight is 482 g/mol. The fourth-order valence-corrected chi connectivity index (χ4v) is 5.38. The van der Waals surface area contributed by atoms with Crippen LogP contribution in [0.25, 0.3) is 40.5 Å². The minimum atomic E-state index is -0.192. The Hall–Kier alpha value is -4.48. The first-order valence-corrected chi connectivity index (χ1v) is 12.8. The Balaban J connectivity index is 1.47. The van der Waals surface area contributed by atoms with E-state index in [9.17, 15) is 0 Å². The third-order valence-corrected chi connectivity index (χ3v) is 7.56. The Morgan fingerprint density at radius 2 is 1.62 bits per heavy atom. The fourth-order valence-electron chi connectivity index (χ4n) is 5.38. The van der Waals surface area contributed by atoms with Gasteiger partial charge >= 0.3 is 0 Å². The molecule has 5 aromatic rings. The van der Waals surface area contributed by atoms with Crippen LogP contribution in [-0.4, -0.2) is 14.5 Å². The molecule has 1 saturated carbocycles. The zero-order chi connectivity index (χ0) is 24.8. The molecule has 37 heavy (non-hydrogen) atoms. The summed E-state index contributed by atoms with van der Waals surface area (Å²) >= 11 is 0. The topological polar surface area (TPSA) is 68.8 Å². The lowest BCUT2D eigenvalue weighted by Crippen LogP contribution is -2.43. The number of nitrogens with one attached hydrogen (secondary N) is 1. The molecule has 5 nitrogen and oxygen atoms in total. The van der Waals surface area contributed by atoms with E-state index in [1.165, 1.54) is 12.0 Å². The molecule has 7 rings (SSSR count). The quantitative estimate of drug-likeness (QED) is 0.280. The lowest BCUT2D eigenvalue weighted by atomic mass is 9.72. The Kier molecular flexibility index (Phi) is 5.05. The van der Waals surface area contributed by atoms with Crippen molar-refractivity contribution in [3.8, 4) is 28.3 Å². The molecule has 180 valence electrons. The van der Waals surface area contributed by atoms with Gasteiger partial charge in [0.15, 0.2) is 5.82 Å². The second-order valence-electron chi connectivity index (χ2n) is 9.88. The summed E-state index contributed by atoms with van der Waals surface area (Å²) < 4.78 is 2.24. The highest BCUT2D eigenvalue weighted by Crippen LogP contribution is 2.43. The maximum absolute atomic E-state index is 6.64. The van der Waals surface area contributed by atoms with Crippen LogP contribution in [0.4, 0.5) is 11.5 Å². The van der Waals surface area contributed by atoms with Crippen LogP contribution >= 0.6 is 0 Å². The Bertz CT molecular complexity index is 1630. The highest BCUT2D eigenvalue weighted by Gasteiger charge is 2.34. The first-order valence-electron chi connectivity index (χ1n) is 12.8. The van der Waals surface area contributed by atoms with E-state index in [-0.39, 0.29) is 5.54 Å². The molecule has 2 aliphatic rings. The van der Waals surface area contributed by atoms with Gasteiger partial charge in [0.05, 0.1) is 22.8 Å². The van der Waals surface area contributed by atoms with Crippen molar-refractivity contribution >= 4 is 23.7 Å². The number of fused-ring (bicyclic) bond motifs is 5. The number of imidazole rings is 1. The molecule has 0 atom stereocenters. The van der Waals surface area contributed by atoms with Gasteiger partial charge in [0, 0.05) is 22.9 Å². The predicted molar refractivity (Wildman–Crippen MR) is 151 cm³/mol. The number of aromatic nitrogens is 3. The molecule has 3 N–H and O–H groups in total. The molecule has 1 fully saturated rings. The van der Waals surface area contributed by atoms with E-state index in [0.29, 0.717) is 0 Å². The zero-order valence-corrected chi connectivity index (χ0v) is 20.4. The van der Waals surface area contributed by atoms with Crippen LogP contribution in [0, 0.1) is 0 Å². The molecule has 0 unspecified atom stereocenters. The number of para-hydroxylation sites is 1. The van der Waals surface area contributed by atoms with Crippen molar-refractivity contribution in [2.24, 2.45) is 5.73 Å². The van der Waals surface area contributed by atoms with Crippen molar-refractivity contribution in [2.75, 3.05) is 5.32 Å². The largest absolute Gasteiger partial charge is 0.338 e. The molecular weight excluding hydrogens is 454 g/mol. The highest BCUT2D eigenvalue weighted by molar-refractivity contribution is 5.89. The first-order chi connectivity index (χ1) is 18.2. The average Bonchev–Trinajstić information content (AvgIpc) is 3.24. The number of pyridine rings is 1. The van der Waals surface area contributed by atoms with E-state index in [4.69, 9.17) is 10.7 Å². The number of nitrogens with zero attached hydrogens (tertiary/aromatic N) is 3. The molecule has 0 radical (unpaired) electrons. The van der Waals surface area contributed by atoms with Crippen LogP contribution in [0.5, 0.6) is 0 Å². The van der Waals surface area contributed by atoms with Gasteiger partial charge in [-0.25, -0.2) is 9.97 Å². The molecule has 3 aromatic carbocycles. The molecular formula is C32H27N5. The number of benzene rings is 3. The fraction of sp³-hybridized carbons (Fsp3) is 0.125. The Labute approximate surface area is 216 Å². The Morgan fingerprint density at radius 1 is 0.838 bits per heavy atom. The molecule has 0 amide bonds. The minimum absolute atomic E-state index is 0.192. The van der Waals surface area contributed by atoms with E-state index >= 15 is 0 Å². The number of hydrogen-bond acceptors (Lipinski definition) is 4. The lowest BCUT2D eigenvalue weighted by Gasteiger charge is -2.38. The van der Waals surface area contributed by atoms with Gasteiger partial charge in [-0.15, -0.1) is 0 Å². The molecule has 2 aromatic heterocycles. The Morgan fingerprint density at radius 3 is 2.41 bits per heavy atom. The van der Waals surface area contributed by atoms with Gasteiger partial charge in [0.25, 0.3) is 0 Å². The monoisotopic (exact) mass is 481 g/mol. The van der Waals surface area contributed by atoms with Gasteiger partial charge in [-0.2, -0.15) is 0 Å². The molecule has 0 saturated heterocycles. The molecule has 1 aliphatic carbocycles. The SMILES string of the molecule is NC1(c2ccc(-c3c(/C=C/c4ccccc4)nc4n3-c3cccnc3Nc3ccccc3-4)cc2)CCC1. The minimum Gasteiger partial charge on any atom is -0.338 e. The molecule has 1 aliphatic heterocycles. The summed E-state index contributed by atoms with van der Waals surface area (Å²) in [5.41, 5.74) is 14.8. The third-order valence-electron chi connectivity index (χ3n) is 7.56. The van der Waals surface area contributed by atoms with Crippen molar-refractivity contribution in [2.45, 2.75) is 24.8 Å². The zero-order valence-electron chi connectivity index (χ0n) is 20.4. The van der Waals surface area contributed by atoms with Crippen LogP contribution in [0.3, 0.4) is 0 Å². The van der Waals surface area contributed by atoms with Crippen LogP contribution in [0.15, 0.2) is 97.2 Å². The normalized spacial score (nSPS) is 15.2. The van der Waals surface area contributed by atoms with E-state index < -0.39 is 0 Å². The highest BCUT2D eigenvalue weighted by atomic mass is 15.2. The molecule has 0 spiro atoms. The number of rotatable bonds is 4. The van der Waals surface area contributed by atoms with Gasteiger partial charge in [-0.05, 0) is 60.7 Å². The maximum Gasteiger partial charge on any atom is 0.154 e. The van der Waals surface area contributed by atoms with Crippen LogP contribution in [0.1, 0.15) is 36.1 Å². The molecule has 5 heteroatoms. The van der Waals surface area contributed by atoms with Gasteiger partial charge in [0.2, 0.25) is 0 Å². The van der Waals surface area contributed by atoms with E-state index in [2.05, 4.69) is 99.8 Å². The second kappa shape index (κ2) is 8.57. The summed E-state index contributed by atoms with van der Waals surface area (Å²) in [6.07, 6.45) is 9.33. The third kappa shape index (κ3) is 3.67.